The third-order valence-corrected chi connectivity index (χ3v) is 3.42. The van der Waals surface area contributed by atoms with Gasteiger partial charge in [-0.25, -0.2) is 0 Å². The average Bonchev–Trinajstić information content (AvgIpc) is 2.42. The second-order valence-corrected chi connectivity index (χ2v) is 4.84. The first-order valence-electron chi connectivity index (χ1n) is 5.95. The Kier molecular flexibility index (Phi) is 5.05. The lowest BCUT2D eigenvalue weighted by Crippen LogP contribution is -2.43. The highest BCUT2D eigenvalue weighted by molar-refractivity contribution is 4.85. The van der Waals surface area contributed by atoms with Crippen molar-refractivity contribution in [3.8, 4) is 0 Å². The van der Waals surface area contributed by atoms with E-state index in [1.807, 2.05) is 0 Å². The fourth-order valence-corrected chi connectivity index (χ4v) is 2.40. The Labute approximate surface area is 94.8 Å². The summed E-state index contributed by atoms with van der Waals surface area (Å²) in [7, 11) is 0. The molecule has 1 aliphatic carbocycles. The van der Waals surface area contributed by atoms with Crippen molar-refractivity contribution in [1.29, 1.82) is 0 Å². The van der Waals surface area contributed by atoms with E-state index in [-0.39, 0.29) is 5.41 Å². The largest absolute Gasteiger partial charge is 0.401 e. The van der Waals surface area contributed by atoms with Crippen LogP contribution >= 0.6 is 0 Å². The lowest BCUT2D eigenvalue weighted by atomic mass is 9.80. The van der Waals surface area contributed by atoms with Crippen LogP contribution in [-0.2, 0) is 0 Å². The molecule has 0 bridgehead atoms. The lowest BCUT2D eigenvalue weighted by molar-refractivity contribution is -0.125. The molecule has 0 heterocycles. The average molecular weight is 238 g/mol. The van der Waals surface area contributed by atoms with Gasteiger partial charge in [0.2, 0.25) is 0 Å². The second-order valence-electron chi connectivity index (χ2n) is 4.84. The van der Waals surface area contributed by atoms with Gasteiger partial charge in [0.05, 0.1) is 6.54 Å². The van der Waals surface area contributed by atoms with Gasteiger partial charge in [-0.3, -0.25) is 0 Å². The number of halogens is 3. The van der Waals surface area contributed by atoms with Crippen LogP contribution in [0.3, 0.4) is 0 Å². The molecule has 0 aliphatic heterocycles. The van der Waals surface area contributed by atoms with Crippen LogP contribution in [0.15, 0.2) is 0 Å². The van der Waals surface area contributed by atoms with Crippen LogP contribution in [0.5, 0.6) is 0 Å². The summed E-state index contributed by atoms with van der Waals surface area (Å²) in [6.07, 6.45) is 2.32. The fourth-order valence-electron chi connectivity index (χ4n) is 2.40. The molecule has 0 amide bonds. The normalized spacial score (nSPS) is 21.8. The summed E-state index contributed by atoms with van der Waals surface area (Å²) in [5.74, 6) is 0. The maximum atomic E-state index is 12.0. The van der Waals surface area contributed by atoms with E-state index in [0.29, 0.717) is 13.1 Å². The van der Waals surface area contributed by atoms with Gasteiger partial charge in [0.1, 0.15) is 0 Å². The van der Waals surface area contributed by atoms with Crippen LogP contribution in [0.25, 0.3) is 0 Å². The van der Waals surface area contributed by atoms with Crippen LogP contribution in [0.2, 0.25) is 0 Å². The summed E-state index contributed by atoms with van der Waals surface area (Å²) in [5, 5.41) is 2.51. The van der Waals surface area contributed by atoms with Crippen molar-refractivity contribution in [3.05, 3.63) is 0 Å². The molecule has 0 aromatic heterocycles. The standard InChI is InChI=1S/C11H21F3N2/c12-11(13,14)9-16-8-10(7-15)5-3-1-2-4-6-10/h16H,1-9,15H2. The Balaban J connectivity index is 2.39. The molecule has 1 saturated carbocycles. The van der Waals surface area contributed by atoms with Crippen LogP contribution in [0, 0.1) is 5.41 Å². The Morgan fingerprint density at radius 1 is 1.06 bits per heavy atom. The van der Waals surface area contributed by atoms with Crippen molar-refractivity contribution in [1.82, 2.24) is 5.32 Å². The molecular weight excluding hydrogens is 217 g/mol. The summed E-state index contributed by atoms with van der Waals surface area (Å²) in [4.78, 5) is 0. The minimum Gasteiger partial charge on any atom is -0.330 e. The first-order chi connectivity index (χ1) is 7.47. The third-order valence-electron chi connectivity index (χ3n) is 3.42. The molecule has 96 valence electrons. The predicted molar refractivity (Wildman–Crippen MR) is 58.1 cm³/mol. The molecule has 16 heavy (non-hydrogen) atoms. The molecule has 1 aliphatic rings. The molecule has 0 saturated heterocycles. The number of nitrogens with two attached hydrogens (primary N) is 1. The molecule has 1 rings (SSSR count). The number of alkyl halides is 3. The zero-order valence-corrected chi connectivity index (χ0v) is 9.58. The van der Waals surface area contributed by atoms with E-state index in [2.05, 4.69) is 5.32 Å². The second kappa shape index (κ2) is 5.87. The van der Waals surface area contributed by atoms with Gasteiger partial charge < -0.3 is 11.1 Å². The quantitative estimate of drug-likeness (QED) is 0.738. The van der Waals surface area contributed by atoms with Crippen LogP contribution in [0.4, 0.5) is 13.2 Å². The molecule has 3 N–H and O–H groups in total. The van der Waals surface area contributed by atoms with E-state index in [1.165, 1.54) is 12.8 Å². The van der Waals surface area contributed by atoms with Crippen LogP contribution in [-0.4, -0.2) is 25.8 Å². The summed E-state index contributed by atoms with van der Waals surface area (Å²) >= 11 is 0. The highest BCUT2D eigenvalue weighted by atomic mass is 19.4. The van der Waals surface area contributed by atoms with Crippen molar-refractivity contribution in [3.63, 3.8) is 0 Å². The van der Waals surface area contributed by atoms with Gasteiger partial charge in [-0.2, -0.15) is 13.2 Å². The minimum absolute atomic E-state index is 0.109. The Morgan fingerprint density at radius 3 is 2.06 bits per heavy atom. The summed E-state index contributed by atoms with van der Waals surface area (Å²) < 4.78 is 36.1. The van der Waals surface area contributed by atoms with Gasteiger partial charge in [-0.1, -0.05) is 25.7 Å². The topological polar surface area (TPSA) is 38.0 Å². The summed E-state index contributed by atoms with van der Waals surface area (Å²) in [6, 6.07) is 0. The predicted octanol–water partition coefficient (Wildman–Crippen LogP) is 2.44. The van der Waals surface area contributed by atoms with Gasteiger partial charge in [0.25, 0.3) is 0 Å². The molecule has 5 heteroatoms. The number of hydrogen-bond donors (Lipinski definition) is 2. The van der Waals surface area contributed by atoms with E-state index in [9.17, 15) is 13.2 Å². The SMILES string of the molecule is NCC1(CNCC(F)(F)F)CCCCCC1. The van der Waals surface area contributed by atoms with Gasteiger partial charge in [-0.05, 0) is 24.8 Å². The van der Waals surface area contributed by atoms with E-state index in [1.54, 1.807) is 0 Å². The van der Waals surface area contributed by atoms with Crippen molar-refractivity contribution in [2.45, 2.75) is 44.7 Å². The highest BCUT2D eigenvalue weighted by Crippen LogP contribution is 2.33. The van der Waals surface area contributed by atoms with Crippen LogP contribution in [0.1, 0.15) is 38.5 Å². The Bertz CT molecular complexity index is 196. The molecule has 0 aromatic carbocycles. The molecule has 0 radical (unpaired) electrons. The van der Waals surface area contributed by atoms with E-state index in [0.717, 1.165) is 25.7 Å². The van der Waals surface area contributed by atoms with E-state index < -0.39 is 12.7 Å². The van der Waals surface area contributed by atoms with E-state index >= 15 is 0 Å². The fraction of sp³-hybridized carbons (Fsp3) is 1.00. The Hall–Kier alpha value is -0.290. The molecule has 2 nitrogen and oxygen atoms in total. The zero-order valence-electron chi connectivity index (χ0n) is 9.58. The summed E-state index contributed by atoms with van der Waals surface area (Å²) in [6.45, 7) is -0.0321. The van der Waals surface area contributed by atoms with Crippen molar-refractivity contribution < 1.29 is 13.2 Å². The van der Waals surface area contributed by atoms with Crippen molar-refractivity contribution in [2.24, 2.45) is 11.1 Å². The highest BCUT2D eigenvalue weighted by Gasteiger charge is 2.32. The third kappa shape index (κ3) is 4.70. The lowest BCUT2D eigenvalue weighted by Gasteiger charge is -2.31. The molecule has 0 aromatic rings. The molecule has 0 atom stereocenters. The van der Waals surface area contributed by atoms with Gasteiger partial charge in [0.15, 0.2) is 0 Å². The number of hydrogen-bond acceptors (Lipinski definition) is 2. The number of rotatable bonds is 4. The first-order valence-corrected chi connectivity index (χ1v) is 5.95. The monoisotopic (exact) mass is 238 g/mol. The van der Waals surface area contributed by atoms with Crippen molar-refractivity contribution in [2.75, 3.05) is 19.6 Å². The maximum absolute atomic E-state index is 12.0. The zero-order chi connectivity index (χ0) is 12.1. The smallest absolute Gasteiger partial charge is 0.330 e. The summed E-state index contributed by atoms with van der Waals surface area (Å²) in [5.41, 5.74) is 5.63. The Morgan fingerprint density at radius 2 is 1.62 bits per heavy atom. The maximum Gasteiger partial charge on any atom is 0.401 e. The first kappa shape index (κ1) is 13.8. The molecule has 0 unspecified atom stereocenters. The van der Waals surface area contributed by atoms with Crippen molar-refractivity contribution >= 4 is 0 Å². The number of nitrogens with one attached hydrogen (secondary N) is 1. The van der Waals surface area contributed by atoms with E-state index in [4.69, 9.17) is 5.73 Å². The van der Waals surface area contributed by atoms with Gasteiger partial charge in [0, 0.05) is 6.54 Å². The molecule has 1 fully saturated rings. The molecular formula is C11H21F3N2. The van der Waals surface area contributed by atoms with Crippen LogP contribution < -0.4 is 11.1 Å². The minimum atomic E-state index is -4.12. The van der Waals surface area contributed by atoms with Gasteiger partial charge >= 0.3 is 6.18 Å². The molecule has 0 spiro atoms. The van der Waals surface area contributed by atoms with Gasteiger partial charge in [-0.15, -0.1) is 0 Å².